The van der Waals surface area contributed by atoms with E-state index in [1.807, 2.05) is 72.8 Å². The predicted octanol–water partition coefficient (Wildman–Crippen LogP) is 5.96. The van der Waals surface area contributed by atoms with E-state index in [9.17, 15) is 14.7 Å². The van der Waals surface area contributed by atoms with Crippen molar-refractivity contribution >= 4 is 35.2 Å². The molecule has 236 valence electrons. The lowest BCUT2D eigenvalue weighted by Gasteiger charge is -2.36. The summed E-state index contributed by atoms with van der Waals surface area (Å²) in [7, 11) is 0. The van der Waals surface area contributed by atoms with Gasteiger partial charge in [-0.15, -0.1) is 0 Å². The van der Waals surface area contributed by atoms with Crippen LogP contribution in [-0.2, 0) is 38.7 Å². The summed E-state index contributed by atoms with van der Waals surface area (Å²) in [6, 6.07) is 23.0. The van der Waals surface area contributed by atoms with Crippen LogP contribution in [0.15, 0.2) is 79.1 Å². The molecule has 2 heterocycles. The molecule has 12 heteroatoms. The molecule has 0 aliphatic carbocycles. The second kappa shape index (κ2) is 15.4. The van der Waals surface area contributed by atoms with Gasteiger partial charge in [-0.1, -0.05) is 83.9 Å². The van der Waals surface area contributed by atoms with E-state index >= 15 is 0 Å². The quantitative estimate of drug-likeness (QED) is 0.171. The van der Waals surface area contributed by atoms with Crippen LogP contribution in [0.5, 0.6) is 0 Å². The number of benzene rings is 3. The van der Waals surface area contributed by atoms with Gasteiger partial charge < -0.3 is 34.5 Å². The summed E-state index contributed by atoms with van der Waals surface area (Å²) in [4.78, 5) is 27.7. The van der Waals surface area contributed by atoms with Gasteiger partial charge in [-0.2, -0.15) is 0 Å². The van der Waals surface area contributed by atoms with Gasteiger partial charge in [-0.3, -0.25) is 4.79 Å². The number of urea groups is 1. The molecular weight excluding hydrogens is 619 g/mol. The summed E-state index contributed by atoms with van der Waals surface area (Å²) >= 11 is 12.5. The topological polar surface area (TPSA) is 124 Å². The molecule has 0 spiro atoms. The molecule has 1 aliphatic rings. The number of hydrogen-bond acceptors (Lipinski definition) is 7. The van der Waals surface area contributed by atoms with Crippen LogP contribution in [0, 0.1) is 0 Å². The van der Waals surface area contributed by atoms with Gasteiger partial charge in [0.2, 0.25) is 0 Å². The fourth-order valence-electron chi connectivity index (χ4n) is 5.06. The van der Waals surface area contributed by atoms with Crippen molar-refractivity contribution < 1.29 is 28.9 Å². The van der Waals surface area contributed by atoms with Crippen LogP contribution in [0.4, 0.5) is 4.79 Å². The van der Waals surface area contributed by atoms with Crippen molar-refractivity contribution in [3.8, 4) is 11.1 Å². The van der Waals surface area contributed by atoms with Gasteiger partial charge in [-0.25, -0.2) is 9.78 Å². The number of imidazole rings is 1. The van der Waals surface area contributed by atoms with Gasteiger partial charge >= 0.3 is 12.0 Å². The average molecular weight is 654 g/mol. The normalized spacial score (nSPS) is 17.9. The van der Waals surface area contributed by atoms with Crippen molar-refractivity contribution in [1.82, 2.24) is 20.2 Å². The van der Waals surface area contributed by atoms with Crippen LogP contribution in [0.2, 0.25) is 10.3 Å². The maximum absolute atomic E-state index is 12.1. The minimum absolute atomic E-state index is 0.0349. The molecule has 1 fully saturated rings. The number of carbonyl (C=O) groups excluding carboxylic acids is 2. The standard InChI is InChI=1S/C33H34Cl2N4O6/c1-2-43-29(41)17-37-33(42)36-16-22-5-3-6-24(13-22)25-7-4-8-26(14-25)32-44-27(18-39-20-38-30(34)31(39)35)15-28(45-32)23-11-9-21(19-40)10-12-23/h3-14,20,27-28,32,40H,2,15-19H2,1H3,(H2,36,37,42). The lowest BCUT2D eigenvalue weighted by molar-refractivity contribution is -0.252. The van der Waals surface area contributed by atoms with Crippen molar-refractivity contribution in [2.24, 2.45) is 0 Å². The fourth-order valence-corrected chi connectivity index (χ4v) is 5.37. The SMILES string of the molecule is CCOC(=O)CNC(=O)NCc1cccc(-c2cccc(C3OC(Cn4cnc(Cl)c4Cl)CC(c4ccc(CO)cc4)O3)c2)c1. The molecule has 3 N–H and O–H groups in total. The smallest absolute Gasteiger partial charge is 0.325 e. The Balaban J connectivity index is 1.32. The van der Waals surface area contributed by atoms with Crippen LogP contribution in [0.25, 0.3) is 11.1 Å². The Morgan fingerprint density at radius 2 is 1.73 bits per heavy atom. The van der Waals surface area contributed by atoms with Crippen molar-refractivity contribution in [2.45, 2.75) is 51.5 Å². The third-order valence-electron chi connectivity index (χ3n) is 7.32. The van der Waals surface area contributed by atoms with E-state index in [1.54, 1.807) is 17.8 Å². The molecule has 3 unspecified atom stereocenters. The number of aliphatic hydroxyl groups excluding tert-OH is 1. The average Bonchev–Trinajstić information content (AvgIpc) is 3.38. The van der Waals surface area contributed by atoms with Gasteiger partial charge in [-0.05, 0) is 46.9 Å². The molecule has 3 aromatic carbocycles. The lowest BCUT2D eigenvalue weighted by Crippen LogP contribution is -2.38. The molecule has 5 rings (SSSR count). The molecule has 1 aromatic heterocycles. The van der Waals surface area contributed by atoms with E-state index in [1.165, 1.54) is 0 Å². The van der Waals surface area contributed by atoms with Crippen molar-refractivity contribution in [3.05, 3.63) is 112 Å². The number of rotatable bonds is 11. The Bertz CT molecular complexity index is 1610. The van der Waals surface area contributed by atoms with E-state index in [0.717, 1.165) is 33.4 Å². The summed E-state index contributed by atoms with van der Waals surface area (Å²) in [5.74, 6) is -0.493. The highest BCUT2D eigenvalue weighted by atomic mass is 35.5. The lowest BCUT2D eigenvalue weighted by atomic mass is 9.98. The molecule has 10 nitrogen and oxygen atoms in total. The van der Waals surface area contributed by atoms with Gasteiger partial charge in [0.25, 0.3) is 0 Å². The first-order chi connectivity index (χ1) is 21.8. The monoisotopic (exact) mass is 652 g/mol. The molecule has 4 aromatic rings. The predicted molar refractivity (Wildman–Crippen MR) is 169 cm³/mol. The number of esters is 1. The zero-order valence-electron chi connectivity index (χ0n) is 24.6. The maximum Gasteiger partial charge on any atom is 0.325 e. The minimum Gasteiger partial charge on any atom is -0.465 e. The summed E-state index contributed by atoms with van der Waals surface area (Å²) in [5.41, 5.74) is 5.42. The first-order valence-electron chi connectivity index (χ1n) is 14.6. The van der Waals surface area contributed by atoms with E-state index in [4.69, 9.17) is 37.4 Å². The zero-order chi connectivity index (χ0) is 31.8. The zero-order valence-corrected chi connectivity index (χ0v) is 26.1. The Morgan fingerprint density at radius 1 is 0.978 bits per heavy atom. The maximum atomic E-state index is 12.1. The second-order valence-corrected chi connectivity index (χ2v) is 11.2. The Kier molecular flexibility index (Phi) is 11.1. The highest BCUT2D eigenvalue weighted by Gasteiger charge is 2.33. The van der Waals surface area contributed by atoms with Gasteiger partial charge in [0, 0.05) is 18.5 Å². The van der Waals surface area contributed by atoms with Crippen LogP contribution >= 0.6 is 23.2 Å². The van der Waals surface area contributed by atoms with Gasteiger partial charge in [0.05, 0.1) is 38.3 Å². The first kappa shape index (κ1) is 32.5. The fraction of sp³-hybridized carbons (Fsp3) is 0.303. The minimum atomic E-state index is -0.670. The van der Waals surface area contributed by atoms with Gasteiger partial charge in [0.1, 0.15) is 11.7 Å². The Hall–Kier alpha value is -3.93. The highest BCUT2D eigenvalue weighted by Crippen LogP contribution is 2.39. The van der Waals surface area contributed by atoms with E-state index in [-0.39, 0.29) is 43.7 Å². The molecule has 45 heavy (non-hydrogen) atoms. The number of amides is 2. The van der Waals surface area contributed by atoms with Crippen molar-refractivity contribution in [3.63, 3.8) is 0 Å². The van der Waals surface area contributed by atoms with Crippen LogP contribution in [-0.4, -0.2) is 45.9 Å². The van der Waals surface area contributed by atoms with E-state index < -0.39 is 18.3 Å². The van der Waals surface area contributed by atoms with Gasteiger partial charge in [0.15, 0.2) is 11.4 Å². The molecule has 0 saturated carbocycles. The number of hydrogen-bond donors (Lipinski definition) is 3. The first-order valence-corrected chi connectivity index (χ1v) is 15.3. The van der Waals surface area contributed by atoms with Crippen LogP contribution in [0.1, 0.15) is 48.0 Å². The molecule has 0 radical (unpaired) electrons. The number of aromatic nitrogens is 2. The Labute approximate surface area is 271 Å². The number of aliphatic hydroxyl groups is 1. The molecule has 3 atom stereocenters. The third-order valence-corrected chi connectivity index (χ3v) is 8.09. The van der Waals surface area contributed by atoms with Crippen molar-refractivity contribution in [1.29, 1.82) is 0 Å². The summed E-state index contributed by atoms with van der Waals surface area (Å²) in [6.45, 7) is 2.44. The van der Waals surface area contributed by atoms with Crippen LogP contribution < -0.4 is 10.6 Å². The summed E-state index contributed by atoms with van der Waals surface area (Å²) in [6.07, 6.45) is 0.963. The number of carbonyl (C=O) groups is 2. The molecule has 1 saturated heterocycles. The molecule has 2 amide bonds. The third kappa shape index (κ3) is 8.62. The van der Waals surface area contributed by atoms with Crippen molar-refractivity contribution in [2.75, 3.05) is 13.2 Å². The number of ether oxygens (including phenoxy) is 3. The number of halogens is 2. The second-order valence-electron chi connectivity index (χ2n) is 10.5. The Morgan fingerprint density at radius 3 is 2.44 bits per heavy atom. The highest BCUT2D eigenvalue weighted by molar-refractivity contribution is 6.40. The molecule has 1 aliphatic heterocycles. The van der Waals surface area contributed by atoms with E-state index in [2.05, 4.69) is 15.6 Å². The summed E-state index contributed by atoms with van der Waals surface area (Å²) < 4.78 is 19.6. The van der Waals surface area contributed by atoms with Crippen LogP contribution in [0.3, 0.4) is 0 Å². The molecular formula is C33H34Cl2N4O6. The summed E-state index contributed by atoms with van der Waals surface area (Å²) in [5, 5.41) is 15.3. The number of nitrogens with zero attached hydrogens (tertiary/aromatic N) is 2. The molecule has 0 bridgehead atoms. The van der Waals surface area contributed by atoms with E-state index in [0.29, 0.717) is 18.1 Å². The largest absolute Gasteiger partial charge is 0.465 e. The number of nitrogens with one attached hydrogen (secondary N) is 2.